The van der Waals surface area contributed by atoms with E-state index in [1.54, 1.807) is 48.7 Å². The number of pyridine rings is 1. The van der Waals surface area contributed by atoms with E-state index in [2.05, 4.69) is 15.6 Å². The maximum Gasteiger partial charge on any atom is 0.243 e. The summed E-state index contributed by atoms with van der Waals surface area (Å²) in [5, 5.41) is 6.28. The second-order valence-corrected chi connectivity index (χ2v) is 9.04. The third-order valence-corrected chi connectivity index (χ3v) is 6.11. The number of carbonyl (C=O) groups excluding carboxylic acids is 2. The van der Waals surface area contributed by atoms with Crippen LogP contribution < -0.4 is 16.4 Å². The number of anilines is 1. The lowest BCUT2D eigenvalue weighted by atomic mass is 9.90. The van der Waals surface area contributed by atoms with Crippen molar-refractivity contribution in [1.29, 1.82) is 0 Å². The standard InChI is InChI=1S/C29H26ClFN4O2/c30-23-8-4-7-22(16-23)27(21-5-2-1-3-6-21)29(37)35-25(15-20-11-14-26(32)33-18-20)28(36)34-17-19-9-12-24(31)13-10-19/h1-14,16,18,25,27H,15,17H2,(H2,32,33)(H,34,36)(H,35,37). The molecule has 1 heterocycles. The molecule has 0 bridgehead atoms. The lowest BCUT2D eigenvalue weighted by molar-refractivity contribution is -0.129. The fraction of sp³-hybridized carbons (Fsp3) is 0.138. The van der Waals surface area contributed by atoms with Crippen molar-refractivity contribution in [2.24, 2.45) is 0 Å². The van der Waals surface area contributed by atoms with Crippen molar-refractivity contribution in [3.05, 3.63) is 130 Å². The van der Waals surface area contributed by atoms with Gasteiger partial charge in [-0.25, -0.2) is 9.37 Å². The summed E-state index contributed by atoms with van der Waals surface area (Å²) >= 11 is 6.23. The Kier molecular flexibility index (Phi) is 8.48. The first-order chi connectivity index (χ1) is 17.9. The Bertz CT molecular complexity index is 1350. The van der Waals surface area contributed by atoms with Crippen LogP contribution in [0.5, 0.6) is 0 Å². The number of carbonyl (C=O) groups is 2. The number of hydrogen-bond acceptors (Lipinski definition) is 4. The number of nitrogens with one attached hydrogen (secondary N) is 2. The van der Waals surface area contributed by atoms with Crippen LogP contribution in [-0.4, -0.2) is 22.8 Å². The average molecular weight is 517 g/mol. The summed E-state index contributed by atoms with van der Waals surface area (Å²) in [5.74, 6) is -1.41. The Hall–Kier alpha value is -4.23. The minimum atomic E-state index is -0.899. The number of benzene rings is 3. The summed E-state index contributed by atoms with van der Waals surface area (Å²) in [7, 11) is 0. The van der Waals surface area contributed by atoms with E-state index in [1.165, 1.54) is 12.1 Å². The van der Waals surface area contributed by atoms with Crippen molar-refractivity contribution in [3.63, 3.8) is 0 Å². The maximum atomic E-state index is 13.7. The van der Waals surface area contributed by atoms with E-state index < -0.39 is 12.0 Å². The van der Waals surface area contributed by atoms with Gasteiger partial charge in [-0.15, -0.1) is 0 Å². The highest BCUT2D eigenvalue weighted by molar-refractivity contribution is 6.30. The molecule has 188 valence electrons. The van der Waals surface area contributed by atoms with Gasteiger partial charge in [0.15, 0.2) is 0 Å². The van der Waals surface area contributed by atoms with E-state index in [0.29, 0.717) is 16.4 Å². The van der Waals surface area contributed by atoms with Gasteiger partial charge in [-0.3, -0.25) is 9.59 Å². The number of hydrogen-bond donors (Lipinski definition) is 3. The predicted molar refractivity (Wildman–Crippen MR) is 142 cm³/mol. The SMILES string of the molecule is Nc1ccc(CC(NC(=O)C(c2ccccc2)c2cccc(Cl)c2)C(=O)NCc2ccc(F)cc2)cn1. The molecule has 0 radical (unpaired) electrons. The van der Waals surface area contributed by atoms with Gasteiger partial charge in [-0.1, -0.05) is 72.3 Å². The van der Waals surface area contributed by atoms with E-state index in [0.717, 1.165) is 16.7 Å². The van der Waals surface area contributed by atoms with Crippen LogP contribution >= 0.6 is 11.6 Å². The molecule has 0 aliphatic rings. The fourth-order valence-corrected chi connectivity index (χ4v) is 4.20. The quantitative estimate of drug-likeness (QED) is 0.302. The summed E-state index contributed by atoms with van der Waals surface area (Å²) in [6, 6.07) is 24.8. The third kappa shape index (κ3) is 7.15. The van der Waals surface area contributed by atoms with Gasteiger partial charge in [0.25, 0.3) is 0 Å². The van der Waals surface area contributed by atoms with Crippen molar-refractivity contribution in [3.8, 4) is 0 Å². The van der Waals surface area contributed by atoms with E-state index in [4.69, 9.17) is 17.3 Å². The van der Waals surface area contributed by atoms with Gasteiger partial charge in [-0.05, 0) is 52.6 Å². The normalized spacial score (nSPS) is 12.4. The Morgan fingerprint density at radius 2 is 1.57 bits per heavy atom. The van der Waals surface area contributed by atoms with Crippen LogP contribution in [-0.2, 0) is 22.6 Å². The molecule has 0 saturated heterocycles. The molecule has 2 atom stereocenters. The molecular weight excluding hydrogens is 491 g/mol. The molecule has 4 rings (SSSR count). The lowest BCUT2D eigenvalue weighted by Crippen LogP contribution is -2.49. The van der Waals surface area contributed by atoms with Crippen molar-refractivity contribution in [1.82, 2.24) is 15.6 Å². The number of amides is 2. The smallest absolute Gasteiger partial charge is 0.243 e. The van der Waals surface area contributed by atoms with Crippen LogP contribution in [0.1, 0.15) is 28.2 Å². The summed E-state index contributed by atoms with van der Waals surface area (Å²) < 4.78 is 13.3. The molecule has 8 heteroatoms. The Labute approximate surface area is 219 Å². The summed E-state index contributed by atoms with van der Waals surface area (Å²) in [6.07, 6.45) is 1.78. The van der Waals surface area contributed by atoms with E-state index in [-0.39, 0.29) is 30.6 Å². The Balaban J connectivity index is 1.59. The molecular formula is C29H26ClFN4O2. The first-order valence-corrected chi connectivity index (χ1v) is 12.1. The maximum absolute atomic E-state index is 13.7. The predicted octanol–water partition coefficient (Wildman–Crippen LogP) is 4.63. The van der Waals surface area contributed by atoms with Crippen molar-refractivity contribution < 1.29 is 14.0 Å². The highest BCUT2D eigenvalue weighted by atomic mass is 35.5. The first kappa shape index (κ1) is 25.9. The summed E-state index contributed by atoms with van der Waals surface area (Å²) in [6.45, 7) is 0.182. The number of nitrogens with two attached hydrogens (primary N) is 1. The molecule has 0 aliphatic carbocycles. The van der Waals surface area contributed by atoms with Crippen molar-refractivity contribution in [2.45, 2.75) is 24.9 Å². The van der Waals surface area contributed by atoms with Gasteiger partial charge in [0.2, 0.25) is 11.8 Å². The van der Waals surface area contributed by atoms with Gasteiger partial charge in [0.05, 0.1) is 5.92 Å². The number of nitrogens with zero attached hydrogens (tertiary/aromatic N) is 1. The molecule has 4 aromatic rings. The zero-order chi connectivity index (χ0) is 26.2. The largest absolute Gasteiger partial charge is 0.384 e. The number of rotatable bonds is 9. The molecule has 3 aromatic carbocycles. The number of nitrogen functional groups attached to an aromatic ring is 1. The van der Waals surface area contributed by atoms with Gasteiger partial charge < -0.3 is 16.4 Å². The molecule has 0 aliphatic heterocycles. The minimum absolute atomic E-state index is 0.182. The zero-order valence-corrected chi connectivity index (χ0v) is 20.7. The second kappa shape index (κ2) is 12.1. The molecule has 0 spiro atoms. The van der Waals surface area contributed by atoms with E-state index >= 15 is 0 Å². The topological polar surface area (TPSA) is 97.1 Å². The molecule has 0 fully saturated rings. The molecule has 1 aromatic heterocycles. The average Bonchev–Trinajstić information content (AvgIpc) is 2.90. The number of aromatic nitrogens is 1. The second-order valence-electron chi connectivity index (χ2n) is 8.60. The van der Waals surface area contributed by atoms with Crippen molar-refractivity contribution >= 4 is 29.2 Å². The van der Waals surface area contributed by atoms with Crippen LogP contribution in [0.2, 0.25) is 5.02 Å². The molecule has 6 nitrogen and oxygen atoms in total. The van der Waals surface area contributed by atoms with E-state index in [9.17, 15) is 14.0 Å². The van der Waals surface area contributed by atoms with Gasteiger partial charge in [-0.2, -0.15) is 0 Å². The van der Waals surface area contributed by atoms with Gasteiger partial charge in [0.1, 0.15) is 17.7 Å². The molecule has 4 N–H and O–H groups in total. The zero-order valence-electron chi connectivity index (χ0n) is 19.9. The molecule has 37 heavy (non-hydrogen) atoms. The van der Waals surface area contributed by atoms with Crippen LogP contribution in [0.3, 0.4) is 0 Å². The van der Waals surface area contributed by atoms with Gasteiger partial charge in [0, 0.05) is 24.2 Å². The van der Waals surface area contributed by atoms with E-state index in [1.807, 2.05) is 36.4 Å². The third-order valence-electron chi connectivity index (χ3n) is 5.88. The fourth-order valence-electron chi connectivity index (χ4n) is 4.00. The Morgan fingerprint density at radius 3 is 2.24 bits per heavy atom. The highest BCUT2D eigenvalue weighted by Crippen LogP contribution is 2.27. The van der Waals surface area contributed by atoms with Crippen LogP contribution in [0.4, 0.5) is 10.2 Å². The Morgan fingerprint density at radius 1 is 0.865 bits per heavy atom. The molecule has 0 saturated carbocycles. The van der Waals surface area contributed by atoms with Crippen molar-refractivity contribution in [2.75, 3.05) is 5.73 Å². The molecule has 2 amide bonds. The first-order valence-electron chi connectivity index (χ1n) is 11.7. The van der Waals surface area contributed by atoms with Crippen LogP contribution in [0.15, 0.2) is 97.2 Å². The monoisotopic (exact) mass is 516 g/mol. The van der Waals surface area contributed by atoms with Gasteiger partial charge >= 0.3 is 0 Å². The summed E-state index contributed by atoms with van der Waals surface area (Å²) in [4.78, 5) is 31.1. The number of halogens is 2. The minimum Gasteiger partial charge on any atom is -0.384 e. The molecule has 2 unspecified atom stereocenters. The lowest BCUT2D eigenvalue weighted by Gasteiger charge is -2.23. The highest BCUT2D eigenvalue weighted by Gasteiger charge is 2.28. The van der Waals surface area contributed by atoms with Crippen LogP contribution in [0.25, 0.3) is 0 Å². The summed E-state index contributed by atoms with van der Waals surface area (Å²) in [5.41, 5.74) is 8.64. The van der Waals surface area contributed by atoms with Crippen LogP contribution in [0, 0.1) is 5.82 Å².